The van der Waals surface area contributed by atoms with Crippen LogP contribution in [0.2, 0.25) is 0 Å². The minimum Gasteiger partial charge on any atom is -0.258 e. The van der Waals surface area contributed by atoms with Crippen molar-refractivity contribution in [3.63, 3.8) is 0 Å². The van der Waals surface area contributed by atoms with Crippen LogP contribution in [0.15, 0.2) is 12.1 Å². The van der Waals surface area contributed by atoms with Gasteiger partial charge in [-0.3, -0.25) is 10.1 Å². The van der Waals surface area contributed by atoms with E-state index in [1.54, 1.807) is 0 Å². The number of hydrogen-bond donors (Lipinski definition) is 0. The first-order valence-electron chi connectivity index (χ1n) is 7.53. The van der Waals surface area contributed by atoms with Gasteiger partial charge in [0, 0.05) is 17.0 Å². The van der Waals surface area contributed by atoms with Crippen molar-refractivity contribution in [2.75, 3.05) is 0 Å². The lowest BCUT2D eigenvalue weighted by atomic mass is 9.62. The van der Waals surface area contributed by atoms with Crippen molar-refractivity contribution in [2.45, 2.75) is 62.1 Å². The quantitative estimate of drug-likeness (QED) is 0.431. The summed E-state index contributed by atoms with van der Waals surface area (Å²) < 4.78 is 0. The number of benzene rings is 1. The van der Waals surface area contributed by atoms with E-state index < -0.39 is 0 Å². The largest absolute Gasteiger partial charge is 0.273 e. The summed E-state index contributed by atoms with van der Waals surface area (Å²) in [5, 5.41) is 11.9. The second kappa shape index (κ2) is 5.47. The number of aryl methyl sites for hydroxylation is 1. The molecule has 0 amide bonds. The topological polar surface area (TPSA) is 43.1 Å². The van der Waals surface area contributed by atoms with Crippen molar-refractivity contribution >= 4 is 21.6 Å². The van der Waals surface area contributed by atoms with E-state index in [0.29, 0.717) is 11.0 Å². The van der Waals surface area contributed by atoms with Crippen molar-refractivity contribution in [2.24, 2.45) is 0 Å². The molecule has 1 saturated carbocycles. The van der Waals surface area contributed by atoms with Gasteiger partial charge in [0.2, 0.25) is 0 Å². The lowest BCUT2D eigenvalue weighted by molar-refractivity contribution is -0.385. The highest BCUT2D eigenvalue weighted by atomic mass is 79.9. The number of fused-ring (bicyclic) bond motifs is 2. The molecule has 1 fully saturated rings. The highest BCUT2D eigenvalue weighted by Gasteiger charge is 2.38. The molecular formula is C16H20BrNO2. The predicted octanol–water partition coefficient (Wildman–Crippen LogP) is 5.03. The van der Waals surface area contributed by atoms with Gasteiger partial charge in [0.05, 0.1) is 4.92 Å². The fraction of sp³-hybridized carbons (Fsp3) is 0.625. The van der Waals surface area contributed by atoms with Crippen LogP contribution in [-0.2, 0) is 17.2 Å². The van der Waals surface area contributed by atoms with Crippen LogP contribution in [0, 0.1) is 10.1 Å². The van der Waals surface area contributed by atoms with Gasteiger partial charge in [-0.25, -0.2) is 0 Å². The van der Waals surface area contributed by atoms with Gasteiger partial charge >= 0.3 is 0 Å². The Hall–Kier alpha value is -0.900. The summed E-state index contributed by atoms with van der Waals surface area (Å²) in [5.41, 5.74) is 4.01. The van der Waals surface area contributed by atoms with E-state index in [9.17, 15) is 10.1 Å². The number of hydrogen-bond acceptors (Lipinski definition) is 2. The van der Waals surface area contributed by atoms with E-state index in [4.69, 9.17) is 0 Å². The predicted molar refractivity (Wildman–Crippen MR) is 83.4 cm³/mol. The molecule has 20 heavy (non-hydrogen) atoms. The molecule has 0 atom stereocenters. The minimum absolute atomic E-state index is 0.220. The molecule has 108 valence electrons. The van der Waals surface area contributed by atoms with Crippen molar-refractivity contribution in [3.8, 4) is 0 Å². The zero-order valence-corrected chi connectivity index (χ0v) is 13.2. The molecule has 3 nitrogen and oxygen atoms in total. The molecule has 0 saturated heterocycles. The van der Waals surface area contributed by atoms with Crippen LogP contribution in [0.5, 0.6) is 0 Å². The van der Waals surface area contributed by atoms with Gasteiger partial charge < -0.3 is 0 Å². The second-order valence-corrected chi connectivity index (χ2v) is 6.78. The van der Waals surface area contributed by atoms with Crippen LogP contribution in [0.4, 0.5) is 5.69 Å². The smallest absolute Gasteiger partial charge is 0.258 e. The maximum Gasteiger partial charge on any atom is 0.273 e. The summed E-state index contributed by atoms with van der Waals surface area (Å²) in [6.07, 6.45) is 9.81. The Morgan fingerprint density at radius 3 is 2.50 bits per heavy atom. The standard InChI is InChI=1S/C16H20BrNO2/c17-11-13-9-12-5-4-8-16(6-2-1-3-7-16)14(12)10-15(13)18(19)20/h9-10H,1-8,11H2. The zero-order valence-electron chi connectivity index (χ0n) is 11.7. The molecule has 0 unspecified atom stereocenters. The Morgan fingerprint density at radius 2 is 1.85 bits per heavy atom. The van der Waals surface area contributed by atoms with Gasteiger partial charge in [-0.2, -0.15) is 0 Å². The summed E-state index contributed by atoms with van der Waals surface area (Å²) in [5.74, 6) is 0. The fourth-order valence-corrected chi connectivity index (χ4v) is 4.61. The van der Waals surface area contributed by atoms with E-state index in [-0.39, 0.29) is 10.3 Å². The minimum atomic E-state index is -0.220. The third-order valence-electron chi connectivity index (χ3n) is 5.13. The molecule has 0 aliphatic heterocycles. The highest BCUT2D eigenvalue weighted by Crippen LogP contribution is 2.48. The Kier molecular flexibility index (Phi) is 3.85. The average Bonchev–Trinajstić information content (AvgIpc) is 2.47. The average molecular weight is 338 g/mol. The molecule has 1 spiro atoms. The molecule has 3 rings (SSSR count). The molecule has 0 bridgehead atoms. The molecule has 0 radical (unpaired) electrons. The first-order chi connectivity index (χ1) is 9.66. The lowest BCUT2D eigenvalue weighted by Gasteiger charge is -2.42. The third kappa shape index (κ3) is 2.28. The van der Waals surface area contributed by atoms with Gasteiger partial charge in [0.1, 0.15) is 0 Å². The van der Waals surface area contributed by atoms with Crippen LogP contribution in [0.1, 0.15) is 61.6 Å². The van der Waals surface area contributed by atoms with Gasteiger partial charge in [-0.05, 0) is 54.7 Å². The number of nitro benzene ring substituents is 1. The second-order valence-electron chi connectivity index (χ2n) is 6.22. The Labute approximate surface area is 128 Å². The van der Waals surface area contributed by atoms with Crippen LogP contribution in [0.25, 0.3) is 0 Å². The highest BCUT2D eigenvalue weighted by molar-refractivity contribution is 9.08. The van der Waals surface area contributed by atoms with Crippen molar-refractivity contribution < 1.29 is 4.92 Å². The van der Waals surface area contributed by atoms with Crippen LogP contribution in [0.3, 0.4) is 0 Å². The Morgan fingerprint density at radius 1 is 1.15 bits per heavy atom. The van der Waals surface area contributed by atoms with E-state index in [1.807, 2.05) is 6.07 Å². The number of nitrogens with zero attached hydrogens (tertiary/aromatic N) is 1. The molecule has 2 aliphatic carbocycles. The third-order valence-corrected chi connectivity index (χ3v) is 5.73. The van der Waals surface area contributed by atoms with E-state index >= 15 is 0 Å². The summed E-state index contributed by atoms with van der Waals surface area (Å²) in [6, 6.07) is 3.98. The van der Waals surface area contributed by atoms with Gasteiger partial charge in [-0.15, -0.1) is 0 Å². The summed E-state index contributed by atoms with van der Waals surface area (Å²) in [4.78, 5) is 11.1. The number of alkyl halides is 1. The van der Waals surface area contributed by atoms with Crippen molar-refractivity contribution in [1.82, 2.24) is 0 Å². The molecular weight excluding hydrogens is 318 g/mol. The van der Waals surface area contributed by atoms with E-state index in [0.717, 1.165) is 12.0 Å². The molecule has 1 aromatic carbocycles. The molecule has 0 N–H and O–H groups in total. The van der Waals surface area contributed by atoms with Gasteiger partial charge in [0.25, 0.3) is 5.69 Å². The first kappa shape index (κ1) is 14.1. The van der Waals surface area contributed by atoms with Crippen molar-refractivity contribution in [3.05, 3.63) is 38.9 Å². The van der Waals surface area contributed by atoms with Crippen LogP contribution >= 0.6 is 15.9 Å². The fourth-order valence-electron chi connectivity index (χ4n) is 4.16. The van der Waals surface area contributed by atoms with Crippen LogP contribution in [-0.4, -0.2) is 4.92 Å². The van der Waals surface area contributed by atoms with E-state index in [1.165, 1.54) is 56.1 Å². The lowest BCUT2D eigenvalue weighted by Crippen LogP contribution is -2.33. The normalized spacial score (nSPS) is 20.6. The number of halogens is 1. The molecule has 0 heterocycles. The van der Waals surface area contributed by atoms with Crippen molar-refractivity contribution in [1.29, 1.82) is 0 Å². The summed E-state index contributed by atoms with van der Waals surface area (Å²) in [6.45, 7) is 0. The zero-order chi connectivity index (χ0) is 14.2. The maximum absolute atomic E-state index is 11.3. The summed E-state index contributed by atoms with van der Waals surface area (Å²) >= 11 is 3.39. The van der Waals surface area contributed by atoms with Gasteiger partial charge in [0.15, 0.2) is 0 Å². The first-order valence-corrected chi connectivity index (χ1v) is 8.65. The molecule has 2 aliphatic rings. The number of rotatable bonds is 2. The van der Waals surface area contributed by atoms with Gasteiger partial charge in [-0.1, -0.05) is 35.2 Å². The summed E-state index contributed by atoms with van der Waals surface area (Å²) in [7, 11) is 0. The number of nitro groups is 1. The molecule has 1 aromatic rings. The van der Waals surface area contributed by atoms with Crippen LogP contribution < -0.4 is 0 Å². The monoisotopic (exact) mass is 337 g/mol. The molecule has 4 heteroatoms. The maximum atomic E-state index is 11.3. The SMILES string of the molecule is O=[N+]([O-])c1cc2c(cc1CBr)CCCC21CCCCC1. The Balaban J connectivity index is 2.12. The van der Waals surface area contributed by atoms with E-state index in [2.05, 4.69) is 22.0 Å². The molecule has 0 aromatic heterocycles. The Bertz CT molecular complexity index is 536.